The number of benzene rings is 2. The van der Waals surface area contributed by atoms with Crippen molar-refractivity contribution in [2.24, 2.45) is 4.99 Å². The zero-order valence-electron chi connectivity index (χ0n) is 14.8. The number of hydrogen-bond donors (Lipinski definition) is 2. The van der Waals surface area contributed by atoms with E-state index in [9.17, 15) is 23.1 Å². The summed E-state index contributed by atoms with van der Waals surface area (Å²) in [5.74, 6) is 0. The van der Waals surface area contributed by atoms with Crippen molar-refractivity contribution < 1.29 is 23.0 Å². The van der Waals surface area contributed by atoms with E-state index in [1.165, 1.54) is 30.3 Å². The maximum atomic E-state index is 13.8. The lowest BCUT2D eigenvalue weighted by Crippen LogP contribution is -2.55. The lowest BCUT2D eigenvalue weighted by Gasteiger charge is -2.31. The molecule has 8 heteroatoms. The van der Waals surface area contributed by atoms with Crippen LogP contribution in [0.4, 0.5) is 18.9 Å². The molecule has 28 heavy (non-hydrogen) atoms. The second-order valence-corrected chi connectivity index (χ2v) is 6.18. The summed E-state index contributed by atoms with van der Waals surface area (Å²) < 4.78 is 46.2. The minimum absolute atomic E-state index is 0.0980. The minimum Gasteiger partial charge on any atom is -0.381 e. The molecule has 1 unspecified atom stereocenters. The van der Waals surface area contributed by atoms with Gasteiger partial charge in [-0.3, -0.25) is 4.79 Å². The van der Waals surface area contributed by atoms with Crippen LogP contribution in [-0.2, 0) is 4.74 Å². The Morgan fingerprint density at radius 2 is 1.79 bits per heavy atom. The second kappa shape index (κ2) is 7.57. The number of nitrogens with one attached hydrogen (secondary N) is 1. The number of halogens is 3. The molecule has 0 aliphatic heterocycles. The molecule has 0 spiro atoms. The second-order valence-electron chi connectivity index (χ2n) is 6.18. The van der Waals surface area contributed by atoms with Gasteiger partial charge in [0.25, 0.3) is 0 Å². The fourth-order valence-electron chi connectivity index (χ4n) is 2.87. The minimum atomic E-state index is -5.03. The highest BCUT2D eigenvalue weighted by Crippen LogP contribution is 2.36. The summed E-state index contributed by atoms with van der Waals surface area (Å²) in [6.45, 7) is -1.02. The van der Waals surface area contributed by atoms with Crippen LogP contribution in [0.25, 0.3) is 10.9 Å². The molecule has 0 fully saturated rings. The number of methoxy groups -OCH3 is 1. The number of aliphatic imine (C=N–C) groups is 1. The van der Waals surface area contributed by atoms with E-state index in [1.807, 2.05) is 0 Å². The largest absolute Gasteiger partial charge is 0.425 e. The smallest absolute Gasteiger partial charge is 0.381 e. The molecular formula is C20H17F3N2O3. The number of ether oxygens (including phenoxy) is 1. The summed E-state index contributed by atoms with van der Waals surface area (Å²) in [6, 6.07) is 15.0. The summed E-state index contributed by atoms with van der Waals surface area (Å²) in [5.41, 5.74) is -3.58. The van der Waals surface area contributed by atoms with Crippen LogP contribution >= 0.6 is 0 Å². The van der Waals surface area contributed by atoms with Gasteiger partial charge < -0.3 is 14.8 Å². The Kier molecular flexibility index (Phi) is 5.35. The molecule has 0 amide bonds. The average molecular weight is 390 g/mol. The number of hydrogen-bond acceptors (Lipinski definition) is 4. The van der Waals surface area contributed by atoms with Crippen LogP contribution in [0.2, 0.25) is 0 Å². The van der Waals surface area contributed by atoms with E-state index >= 15 is 0 Å². The van der Waals surface area contributed by atoms with Gasteiger partial charge in [0.1, 0.15) is 0 Å². The van der Waals surface area contributed by atoms with E-state index in [0.29, 0.717) is 10.9 Å². The van der Waals surface area contributed by atoms with Crippen LogP contribution in [0.3, 0.4) is 0 Å². The van der Waals surface area contributed by atoms with Crippen molar-refractivity contribution in [2.45, 2.75) is 11.8 Å². The van der Waals surface area contributed by atoms with Crippen molar-refractivity contribution in [3.05, 3.63) is 76.6 Å². The fraction of sp³-hybridized carbons (Fsp3) is 0.200. The highest BCUT2D eigenvalue weighted by atomic mass is 19.4. The van der Waals surface area contributed by atoms with Gasteiger partial charge >= 0.3 is 6.18 Å². The normalized spacial score (nSPS) is 14.8. The van der Waals surface area contributed by atoms with Crippen LogP contribution in [0.15, 0.2) is 70.5 Å². The van der Waals surface area contributed by atoms with Gasteiger partial charge in [-0.15, -0.1) is 0 Å². The van der Waals surface area contributed by atoms with Gasteiger partial charge in [0.15, 0.2) is 0 Å². The molecule has 0 radical (unpaired) electrons. The lowest BCUT2D eigenvalue weighted by molar-refractivity contribution is -0.242. The van der Waals surface area contributed by atoms with E-state index in [-0.39, 0.29) is 16.8 Å². The summed E-state index contributed by atoms with van der Waals surface area (Å²) in [6.07, 6.45) is -5.03. The molecule has 0 saturated heterocycles. The van der Waals surface area contributed by atoms with Crippen LogP contribution in [-0.4, -0.2) is 41.3 Å². The number of aliphatic hydroxyl groups is 1. The maximum Gasteiger partial charge on any atom is 0.425 e. The van der Waals surface area contributed by atoms with Gasteiger partial charge in [-0.25, -0.2) is 4.99 Å². The van der Waals surface area contributed by atoms with Gasteiger partial charge in [-0.2, -0.15) is 13.2 Å². The maximum absolute atomic E-state index is 13.8. The molecule has 3 aromatic rings. The Morgan fingerprint density at radius 1 is 1.07 bits per heavy atom. The molecule has 0 aliphatic carbocycles. The Balaban J connectivity index is 2.31. The highest BCUT2D eigenvalue weighted by molar-refractivity contribution is 6.10. The third kappa shape index (κ3) is 3.69. The first-order chi connectivity index (χ1) is 13.3. The lowest BCUT2D eigenvalue weighted by atomic mass is 9.91. The molecule has 0 aliphatic rings. The van der Waals surface area contributed by atoms with E-state index in [4.69, 9.17) is 0 Å². The number of fused-ring (bicyclic) bond motifs is 1. The molecule has 2 aromatic carbocycles. The number of alkyl halides is 3. The molecule has 1 atom stereocenters. The molecule has 0 bridgehead atoms. The Hall–Kier alpha value is -2.97. The first kappa shape index (κ1) is 19.8. The molecule has 5 nitrogen and oxygen atoms in total. The standard InChI is InChI=1S/C20H17F3N2O3/c1-28-12-19(27,20(21,22)23)18(13-6-3-2-4-7-13)25-16-9-5-8-15-14(16)10-11-17(26)24-15/h2-11,27H,12H2,1H3,(H,24,26). The Labute approximate surface area is 158 Å². The summed E-state index contributed by atoms with van der Waals surface area (Å²) in [4.78, 5) is 18.3. The zero-order chi connectivity index (χ0) is 20.4. The Morgan fingerprint density at radius 3 is 2.43 bits per heavy atom. The van der Waals surface area contributed by atoms with Gasteiger partial charge in [-0.05, 0) is 23.8 Å². The van der Waals surface area contributed by atoms with E-state index in [2.05, 4.69) is 14.7 Å². The average Bonchev–Trinajstić information content (AvgIpc) is 2.65. The van der Waals surface area contributed by atoms with Gasteiger partial charge in [-0.1, -0.05) is 36.4 Å². The summed E-state index contributed by atoms with van der Waals surface area (Å²) >= 11 is 0. The molecule has 3 rings (SSSR count). The van der Waals surface area contributed by atoms with Gasteiger partial charge in [0, 0.05) is 18.6 Å². The number of aromatic nitrogens is 1. The van der Waals surface area contributed by atoms with Gasteiger partial charge in [0.2, 0.25) is 11.2 Å². The van der Waals surface area contributed by atoms with Crippen molar-refractivity contribution in [3.8, 4) is 0 Å². The first-order valence-electron chi connectivity index (χ1n) is 8.31. The van der Waals surface area contributed by atoms with E-state index in [0.717, 1.165) is 7.11 Å². The van der Waals surface area contributed by atoms with Crippen LogP contribution in [0.1, 0.15) is 5.56 Å². The molecule has 0 saturated carbocycles. The predicted molar refractivity (Wildman–Crippen MR) is 100 cm³/mol. The molecular weight excluding hydrogens is 373 g/mol. The van der Waals surface area contributed by atoms with Crippen molar-refractivity contribution in [3.63, 3.8) is 0 Å². The molecule has 1 aromatic heterocycles. The SMILES string of the molecule is COCC(O)(C(=Nc1cccc2[nH]c(=O)ccc12)c1ccccc1)C(F)(F)F. The topological polar surface area (TPSA) is 74.7 Å². The van der Waals surface area contributed by atoms with Crippen LogP contribution in [0.5, 0.6) is 0 Å². The van der Waals surface area contributed by atoms with Crippen molar-refractivity contribution in [2.75, 3.05) is 13.7 Å². The van der Waals surface area contributed by atoms with Crippen molar-refractivity contribution >= 4 is 22.3 Å². The van der Waals surface area contributed by atoms with Gasteiger partial charge in [0.05, 0.1) is 23.5 Å². The third-order valence-corrected chi connectivity index (χ3v) is 4.24. The monoisotopic (exact) mass is 390 g/mol. The molecule has 2 N–H and O–H groups in total. The highest BCUT2D eigenvalue weighted by Gasteiger charge is 2.58. The first-order valence-corrected chi connectivity index (χ1v) is 8.31. The summed E-state index contributed by atoms with van der Waals surface area (Å²) in [7, 11) is 1.07. The van der Waals surface area contributed by atoms with Crippen molar-refractivity contribution in [1.82, 2.24) is 4.98 Å². The summed E-state index contributed by atoms with van der Waals surface area (Å²) in [5, 5.41) is 11.0. The number of nitrogens with zero attached hydrogens (tertiary/aromatic N) is 1. The number of aromatic amines is 1. The Bertz CT molecular complexity index is 1060. The number of pyridine rings is 1. The quantitative estimate of drug-likeness (QED) is 0.654. The van der Waals surface area contributed by atoms with Crippen LogP contribution < -0.4 is 5.56 Å². The van der Waals surface area contributed by atoms with E-state index in [1.54, 1.807) is 30.3 Å². The number of rotatable bonds is 5. The number of H-pyrrole nitrogens is 1. The fourth-order valence-corrected chi connectivity index (χ4v) is 2.87. The van der Waals surface area contributed by atoms with E-state index < -0.39 is 24.1 Å². The zero-order valence-corrected chi connectivity index (χ0v) is 14.8. The van der Waals surface area contributed by atoms with Crippen molar-refractivity contribution in [1.29, 1.82) is 0 Å². The van der Waals surface area contributed by atoms with Crippen LogP contribution in [0, 0.1) is 0 Å². The molecule has 1 heterocycles. The predicted octanol–water partition coefficient (Wildman–Crippen LogP) is 3.59. The third-order valence-electron chi connectivity index (χ3n) is 4.24. The molecule has 146 valence electrons.